The normalized spacial score (nSPS) is 14.2. The van der Waals surface area contributed by atoms with Crippen LogP contribution in [-0.4, -0.2) is 42.0 Å². The molecule has 0 bridgehead atoms. The highest BCUT2D eigenvalue weighted by Crippen LogP contribution is 2.20. The number of rotatable bonds is 4. The number of carbonyl (C=O) groups excluding carboxylic acids is 2. The van der Waals surface area contributed by atoms with Crippen molar-refractivity contribution in [3.8, 4) is 0 Å². The number of hydrogen-bond acceptors (Lipinski definition) is 3. The van der Waals surface area contributed by atoms with Crippen LogP contribution in [0.3, 0.4) is 0 Å². The molecular weight excluding hydrogens is 311 g/mol. The summed E-state index contributed by atoms with van der Waals surface area (Å²) in [6.07, 6.45) is 1.51. The fourth-order valence-corrected chi connectivity index (χ4v) is 2.60. The average Bonchev–Trinajstić information content (AvgIpc) is 2.97. The van der Waals surface area contributed by atoms with Crippen LogP contribution in [0.2, 0.25) is 0 Å². The number of benzene rings is 1. The lowest BCUT2D eigenvalue weighted by molar-refractivity contribution is 0.0963. The molecule has 0 aliphatic carbocycles. The van der Waals surface area contributed by atoms with Gasteiger partial charge in [-0.05, 0) is 29.8 Å². The molecule has 1 fully saturated rings. The molecular formula is C17H17FN4O2. The summed E-state index contributed by atoms with van der Waals surface area (Å²) >= 11 is 0. The smallest absolute Gasteiger partial charge is 0.326 e. The van der Waals surface area contributed by atoms with Crippen LogP contribution in [0.15, 0.2) is 42.6 Å². The first kappa shape index (κ1) is 15.9. The Morgan fingerprint density at radius 2 is 2.00 bits per heavy atom. The molecule has 1 aromatic carbocycles. The van der Waals surface area contributed by atoms with E-state index in [0.717, 1.165) is 5.56 Å². The van der Waals surface area contributed by atoms with Gasteiger partial charge in [-0.25, -0.2) is 14.2 Å². The van der Waals surface area contributed by atoms with E-state index >= 15 is 0 Å². The number of pyridine rings is 1. The van der Waals surface area contributed by atoms with Gasteiger partial charge in [-0.1, -0.05) is 12.1 Å². The number of nitrogens with zero attached hydrogens (tertiary/aromatic N) is 3. The van der Waals surface area contributed by atoms with Gasteiger partial charge in [-0.2, -0.15) is 0 Å². The van der Waals surface area contributed by atoms with Gasteiger partial charge in [-0.3, -0.25) is 9.69 Å². The highest BCUT2D eigenvalue weighted by Gasteiger charge is 2.30. The number of amides is 3. The second-order valence-electron chi connectivity index (χ2n) is 5.46. The minimum atomic E-state index is -0.302. The van der Waals surface area contributed by atoms with Crippen LogP contribution in [0.5, 0.6) is 0 Å². The lowest BCUT2D eigenvalue weighted by Gasteiger charge is -2.18. The second-order valence-corrected chi connectivity index (χ2v) is 5.46. The van der Waals surface area contributed by atoms with Crippen molar-refractivity contribution in [2.75, 3.05) is 25.0 Å². The predicted octanol–water partition coefficient (Wildman–Crippen LogP) is 2.02. The summed E-state index contributed by atoms with van der Waals surface area (Å²) in [5, 5.41) is 2.55. The van der Waals surface area contributed by atoms with Crippen LogP contribution in [0.4, 0.5) is 15.0 Å². The van der Waals surface area contributed by atoms with Gasteiger partial charge in [0.25, 0.3) is 5.91 Å². The fraction of sp³-hybridized carbons (Fsp3) is 0.235. The van der Waals surface area contributed by atoms with Crippen LogP contribution in [-0.2, 0) is 6.54 Å². The van der Waals surface area contributed by atoms with E-state index in [2.05, 4.69) is 10.3 Å². The summed E-state index contributed by atoms with van der Waals surface area (Å²) in [7, 11) is 1.55. The Labute approximate surface area is 138 Å². The fourth-order valence-electron chi connectivity index (χ4n) is 2.60. The molecule has 1 aliphatic heterocycles. The molecule has 0 atom stereocenters. The zero-order valence-corrected chi connectivity index (χ0v) is 13.2. The van der Waals surface area contributed by atoms with Gasteiger partial charge in [0.1, 0.15) is 11.6 Å². The number of urea groups is 1. The number of nitrogens with one attached hydrogen (secondary N) is 1. The Morgan fingerprint density at radius 3 is 2.71 bits per heavy atom. The van der Waals surface area contributed by atoms with E-state index in [-0.39, 0.29) is 17.8 Å². The van der Waals surface area contributed by atoms with Gasteiger partial charge in [0, 0.05) is 38.4 Å². The largest absolute Gasteiger partial charge is 0.355 e. The predicted molar refractivity (Wildman–Crippen MR) is 87.2 cm³/mol. The topological polar surface area (TPSA) is 65.5 Å². The van der Waals surface area contributed by atoms with Gasteiger partial charge in [0.15, 0.2) is 0 Å². The minimum Gasteiger partial charge on any atom is -0.355 e. The van der Waals surface area contributed by atoms with Crippen molar-refractivity contribution in [3.05, 3.63) is 59.5 Å². The van der Waals surface area contributed by atoms with Crippen LogP contribution >= 0.6 is 0 Å². The Morgan fingerprint density at radius 1 is 1.25 bits per heavy atom. The van der Waals surface area contributed by atoms with Gasteiger partial charge >= 0.3 is 6.03 Å². The molecule has 2 heterocycles. The van der Waals surface area contributed by atoms with Crippen LogP contribution in [0.1, 0.15) is 15.9 Å². The molecule has 0 saturated carbocycles. The van der Waals surface area contributed by atoms with E-state index in [1.807, 2.05) is 0 Å². The number of aromatic nitrogens is 1. The molecule has 1 aliphatic rings. The first-order valence-corrected chi connectivity index (χ1v) is 7.57. The number of anilines is 1. The van der Waals surface area contributed by atoms with Crippen molar-refractivity contribution in [2.24, 2.45) is 0 Å². The van der Waals surface area contributed by atoms with Crippen LogP contribution in [0.25, 0.3) is 0 Å². The summed E-state index contributed by atoms with van der Waals surface area (Å²) in [4.78, 5) is 31.7. The van der Waals surface area contributed by atoms with Gasteiger partial charge < -0.3 is 10.2 Å². The Kier molecular flexibility index (Phi) is 4.41. The quantitative estimate of drug-likeness (QED) is 0.934. The first-order chi connectivity index (χ1) is 11.6. The molecule has 0 unspecified atom stereocenters. The Bertz CT molecular complexity index is 763. The molecule has 24 heavy (non-hydrogen) atoms. The molecule has 0 spiro atoms. The SMILES string of the molecule is CNC(=O)c1ccnc(N2CCN(Cc3ccc(F)cc3)C2=O)c1. The third-order valence-corrected chi connectivity index (χ3v) is 3.89. The summed E-state index contributed by atoms with van der Waals surface area (Å²) in [6.45, 7) is 1.44. The van der Waals surface area contributed by atoms with Crippen molar-refractivity contribution < 1.29 is 14.0 Å². The highest BCUT2D eigenvalue weighted by atomic mass is 19.1. The monoisotopic (exact) mass is 328 g/mol. The molecule has 3 rings (SSSR count). The molecule has 1 N–H and O–H groups in total. The Hall–Kier alpha value is -2.96. The van der Waals surface area contributed by atoms with Crippen molar-refractivity contribution in [1.29, 1.82) is 0 Å². The van der Waals surface area contributed by atoms with Crippen molar-refractivity contribution >= 4 is 17.8 Å². The molecule has 6 nitrogen and oxygen atoms in total. The average molecular weight is 328 g/mol. The van der Waals surface area contributed by atoms with Crippen molar-refractivity contribution in [1.82, 2.24) is 15.2 Å². The maximum Gasteiger partial charge on any atom is 0.326 e. The van der Waals surface area contributed by atoms with Gasteiger partial charge in [0.2, 0.25) is 0 Å². The second kappa shape index (κ2) is 6.66. The molecule has 2 aromatic rings. The Balaban J connectivity index is 1.74. The van der Waals surface area contributed by atoms with Crippen molar-refractivity contribution in [3.63, 3.8) is 0 Å². The van der Waals surface area contributed by atoms with E-state index in [0.29, 0.717) is 31.0 Å². The summed E-state index contributed by atoms with van der Waals surface area (Å²) in [6, 6.07) is 9.09. The summed E-state index contributed by atoms with van der Waals surface area (Å²) in [5.41, 5.74) is 1.31. The molecule has 0 radical (unpaired) electrons. The third kappa shape index (κ3) is 3.19. The van der Waals surface area contributed by atoms with Crippen molar-refractivity contribution in [2.45, 2.75) is 6.54 Å². The van der Waals surface area contributed by atoms with E-state index in [9.17, 15) is 14.0 Å². The standard InChI is InChI=1S/C17H17FN4O2/c1-19-16(23)13-6-7-20-15(10-13)22-9-8-21(17(22)24)11-12-2-4-14(18)5-3-12/h2-7,10H,8-9,11H2,1H3,(H,19,23). The van der Waals surface area contributed by atoms with E-state index in [1.165, 1.54) is 23.2 Å². The highest BCUT2D eigenvalue weighted by molar-refractivity contribution is 5.97. The first-order valence-electron chi connectivity index (χ1n) is 7.57. The maximum absolute atomic E-state index is 13.0. The lowest BCUT2D eigenvalue weighted by atomic mass is 10.2. The van der Waals surface area contributed by atoms with Crippen LogP contribution < -0.4 is 10.2 Å². The number of hydrogen-bond donors (Lipinski definition) is 1. The zero-order valence-electron chi connectivity index (χ0n) is 13.2. The third-order valence-electron chi connectivity index (χ3n) is 3.89. The lowest BCUT2D eigenvalue weighted by Crippen LogP contribution is -2.32. The minimum absolute atomic E-state index is 0.180. The van der Waals surface area contributed by atoms with E-state index in [4.69, 9.17) is 0 Å². The molecule has 1 saturated heterocycles. The summed E-state index contributed by atoms with van der Waals surface area (Å²) < 4.78 is 13.0. The number of carbonyl (C=O) groups is 2. The van der Waals surface area contributed by atoms with E-state index in [1.54, 1.807) is 36.2 Å². The number of halogens is 1. The molecule has 7 heteroatoms. The molecule has 1 aromatic heterocycles. The van der Waals surface area contributed by atoms with Gasteiger partial charge in [-0.15, -0.1) is 0 Å². The molecule has 124 valence electrons. The molecule has 3 amide bonds. The van der Waals surface area contributed by atoms with E-state index < -0.39 is 0 Å². The zero-order chi connectivity index (χ0) is 17.1. The summed E-state index contributed by atoms with van der Waals surface area (Å²) in [5.74, 6) is -0.0838. The van der Waals surface area contributed by atoms with Gasteiger partial charge in [0.05, 0.1) is 0 Å². The van der Waals surface area contributed by atoms with Crippen LogP contribution in [0, 0.1) is 5.82 Å². The maximum atomic E-state index is 13.0.